The van der Waals surface area contributed by atoms with Crippen molar-refractivity contribution in [2.24, 2.45) is 5.92 Å². The fourth-order valence-electron chi connectivity index (χ4n) is 4.67. The van der Waals surface area contributed by atoms with Gasteiger partial charge in [0.1, 0.15) is 11.5 Å². The third-order valence-electron chi connectivity index (χ3n) is 6.08. The van der Waals surface area contributed by atoms with Crippen LogP contribution >= 0.6 is 0 Å². The van der Waals surface area contributed by atoms with Gasteiger partial charge in [-0.1, -0.05) is 30.3 Å². The van der Waals surface area contributed by atoms with Gasteiger partial charge in [0.15, 0.2) is 0 Å². The van der Waals surface area contributed by atoms with Gasteiger partial charge in [-0.05, 0) is 36.1 Å². The first-order valence-corrected chi connectivity index (χ1v) is 10.0. The molecule has 0 bridgehead atoms. The van der Waals surface area contributed by atoms with Crippen molar-refractivity contribution in [1.29, 1.82) is 0 Å². The minimum Gasteiger partial charge on any atom is -0.496 e. The molecule has 3 atom stereocenters. The summed E-state index contributed by atoms with van der Waals surface area (Å²) in [6.07, 6.45) is -9.37. The maximum atomic E-state index is 13.3. The molecular weight excluding hydrogens is 454 g/mol. The van der Waals surface area contributed by atoms with Crippen molar-refractivity contribution < 1.29 is 40.6 Å². The van der Waals surface area contributed by atoms with Gasteiger partial charge in [0.25, 0.3) is 0 Å². The van der Waals surface area contributed by atoms with E-state index in [1.165, 1.54) is 19.2 Å². The van der Waals surface area contributed by atoms with Crippen molar-refractivity contribution in [3.8, 4) is 11.5 Å². The number of fused-ring (bicyclic) bond motifs is 1. The van der Waals surface area contributed by atoms with Crippen LogP contribution in [0.1, 0.15) is 23.6 Å². The number of rotatable bonds is 6. The Bertz CT molecular complexity index is 1030. The predicted molar refractivity (Wildman–Crippen MR) is 104 cm³/mol. The van der Waals surface area contributed by atoms with Gasteiger partial charge in [-0.15, -0.1) is 13.2 Å². The highest BCUT2D eigenvalue weighted by Crippen LogP contribution is 2.60. The van der Waals surface area contributed by atoms with E-state index >= 15 is 0 Å². The van der Waals surface area contributed by atoms with Crippen molar-refractivity contribution >= 4 is 5.91 Å². The van der Waals surface area contributed by atoms with Crippen molar-refractivity contribution in [3.63, 3.8) is 0 Å². The van der Waals surface area contributed by atoms with Gasteiger partial charge >= 0.3 is 18.4 Å². The van der Waals surface area contributed by atoms with Crippen molar-refractivity contribution in [2.75, 3.05) is 13.7 Å². The number of hydrogen-bond donors (Lipinski definition) is 1. The number of carbonyl (C=O) groups excluding carboxylic acids is 1. The lowest BCUT2D eigenvalue weighted by Gasteiger charge is -2.34. The molecule has 1 saturated heterocycles. The summed E-state index contributed by atoms with van der Waals surface area (Å²) in [5.74, 6) is -2.29. The molecule has 1 saturated carbocycles. The summed E-state index contributed by atoms with van der Waals surface area (Å²) in [7, 11) is 1.35. The van der Waals surface area contributed by atoms with E-state index in [-0.39, 0.29) is 19.0 Å². The molecule has 2 aliphatic rings. The van der Waals surface area contributed by atoms with Crippen LogP contribution in [0.25, 0.3) is 0 Å². The quantitative estimate of drug-likeness (QED) is 0.623. The summed E-state index contributed by atoms with van der Waals surface area (Å²) in [4.78, 5) is 13.0. The van der Waals surface area contributed by atoms with E-state index in [4.69, 9.17) is 4.74 Å². The van der Waals surface area contributed by atoms with E-state index < -0.39 is 35.8 Å². The monoisotopic (exact) mass is 474 g/mol. The third-order valence-corrected chi connectivity index (χ3v) is 6.08. The van der Waals surface area contributed by atoms with Crippen LogP contribution in [0.4, 0.5) is 26.3 Å². The topological polar surface area (TPSA) is 50.8 Å². The zero-order valence-corrected chi connectivity index (χ0v) is 17.3. The molecule has 1 aliphatic carbocycles. The molecule has 1 heterocycles. The molecule has 2 aromatic carbocycles. The number of piperidine rings is 1. The first-order valence-electron chi connectivity index (χ1n) is 10.0. The predicted octanol–water partition coefficient (Wildman–Crippen LogP) is 4.59. The Morgan fingerprint density at radius 2 is 1.82 bits per heavy atom. The van der Waals surface area contributed by atoms with Gasteiger partial charge in [-0.3, -0.25) is 4.79 Å². The Balaban J connectivity index is 1.61. The Morgan fingerprint density at radius 1 is 1.12 bits per heavy atom. The average molecular weight is 474 g/mol. The van der Waals surface area contributed by atoms with E-state index in [0.29, 0.717) is 23.3 Å². The molecule has 5 nitrogen and oxygen atoms in total. The Labute approximate surface area is 185 Å². The van der Waals surface area contributed by atoms with Crippen LogP contribution in [0.2, 0.25) is 0 Å². The molecule has 1 unspecified atom stereocenters. The molecule has 33 heavy (non-hydrogen) atoms. The minimum absolute atomic E-state index is 0.00606. The van der Waals surface area contributed by atoms with Gasteiger partial charge in [-0.2, -0.15) is 13.2 Å². The number of benzene rings is 2. The first kappa shape index (κ1) is 23.2. The van der Waals surface area contributed by atoms with Crippen molar-refractivity contribution in [3.05, 3.63) is 59.7 Å². The molecule has 1 N–H and O–H groups in total. The molecule has 1 aliphatic heterocycles. The van der Waals surface area contributed by atoms with E-state index in [1.54, 1.807) is 30.3 Å². The molecule has 4 rings (SSSR count). The lowest BCUT2D eigenvalue weighted by atomic mass is 9.96. The molecule has 0 aromatic heterocycles. The molecule has 0 radical (unpaired) electrons. The SMILES string of the molecule is COc1ccc(OC(F)(F)F)cc1CN[C@@]12CC1CN(C(=O)C(F)(F)F)[C@H]2c1ccccc1. The Hall–Kier alpha value is -2.95. The zero-order chi connectivity index (χ0) is 24.0. The van der Waals surface area contributed by atoms with Gasteiger partial charge in [0.05, 0.1) is 13.2 Å². The molecule has 2 aromatic rings. The summed E-state index contributed by atoms with van der Waals surface area (Å²) >= 11 is 0. The Morgan fingerprint density at radius 3 is 2.42 bits per heavy atom. The maximum absolute atomic E-state index is 13.3. The summed E-state index contributed by atoms with van der Waals surface area (Å²) < 4.78 is 86.8. The second-order valence-corrected chi connectivity index (χ2v) is 8.08. The first-order chi connectivity index (χ1) is 15.4. The highest BCUT2D eigenvalue weighted by molar-refractivity contribution is 5.83. The number of ether oxygens (including phenoxy) is 2. The lowest BCUT2D eigenvalue weighted by molar-refractivity contribution is -0.274. The highest BCUT2D eigenvalue weighted by atomic mass is 19.4. The van der Waals surface area contributed by atoms with E-state index in [2.05, 4.69) is 10.1 Å². The highest BCUT2D eigenvalue weighted by Gasteiger charge is 2.68. The lowest BCUT2D eigenvalue weighted by Crippen LogP contribution is -2.47. The number of alkyl halides is 6. The smallest absolute Gasteiger partial charge is 0.496 e. The number of hydrogen-bond acceptors (Lipinski definition) is 4. The van der Waals surface area contributed by atoms with Gasteiger partial charge in [0, 0.05) is 24.2 Å². The molecule has 2 fully saturated rings. The molecule has 11 heteroatoms. The average Bonchev–Trinajstić information content (AvgIpc) is 3.34. The van der Waals surface area contributed by atoms with Crippen LogP contribution in [0.3, 0.4) is 0 Å². The molecule has 178 valence electrons. The van der Waals surface area contributed by atoms with Crippen LogP contribution in [-0.2, 0) is 11.3 Å². The van der Waals surface area contributed by atoms with Crippen molar-refractivity contribution in [2.45, 2.75) is 37.1 Å². The van der Waals surface area contributed by atoms with Gasteiger partial charge in [-0.25, -0.2) is 0 Å². The second kappa shape index (κ2) is 8.12. The largest absolute Gasteiger partial charge is 0.573 e. The minimum atomic E-state index is -5.02. The maximum Gasteiger partial charge on any atom is 0.573 e. The van der Waals surface area contributed by atoms with Crippen LogP contribution in [0.15, 0.2) is 48.5 Å². The number of amides is 1. The summed E-state index contributed by atoms with van der Waals surface area (Å²) in [6.45, 7) is -0.0641. The number of carbonyl (C=O) groups is 1. The summed E-state index contributed by atoms with van der Waals surface area (Å²) in [6, 6.07) is 11.1. The van der Waals surface area contributed by atoms with E-state index in [1.807, 2.05) is 0 Å². The van der Waals surface area contributed by atoms with Crippen molar-refractivity contribution in [1.82, 2.24) is 10.2 Å². The third kappa shape index (κ3) is 4.59. The number of likely N-dealkylation sites (tertiary alicyclic amines) is 1. The zero-order valence-electron chi connectivity index (χ0n) is 17.3. The number of methoxy groups -OCH3 is 1. The van der Waals surface area contributed by atoms with E-state index in [0.717, 1.165) is 11.0 Å². The molecule has 1 amide bonds. The fraction of sp³-hybridized carbons (Fsp3) is 0.409. The van der Waals surface area contributed by atoms with Crippen LogP contribution in [-0.4, -0.2) is 42.5 Å². The van der Waals surface area contributed by atoms with Crippen LogP contribution in [0.5, 0.6) is 11.5 Å². The second-order valence-electron chi connectivity index (χ2n) is 8.08. The van der Waals surface area contributed by atoms with Gasteiger partial charge < -0.3 is 19.7 Å². The van der Waals surface area contributed by atoms with E-state index in [9.17, 15) is 31.1 Å². The summed E-state index contributed by atoms with van der Waals surface area (Å²) in [5, 5.41) is 3.22. The molecule has 0 spiro atoms. The van der Waals surface area contributed by atoms with Gasteiger partial charge in [0.2, 0.25) is 0 Å². The Kier molecular flexibility index (Phi) is 5.71. The summed E-state index contributed by atoms with van der Waals surface area (Å²) in [5.41, 5.74) is 0.0455. The fourth-order valence-corrected chi connectivity index (χ4v) is 4.67. The number of halogens is 6. The van der Waals surface area contributed by atoms with Crippen LogP contribution in [0, 0.1) is 5.92 Å². The number of nitrogens with zero attached hydrogens (tertiary/aromatic N) is 1. The molecular formula is C22H20F6N2O3. The number of nitrogens with one attached hydrogen (secondary N) is 1. The van der Waals surface area contributed by atoms with Crippen LogP contribution < -0.4 is 14.8 Å². The normalized spacial score (nSPS) is 24.4. The standard InChI is InChI=1S/C22H20F6N2O3/c1-32-17-8-7-16(33-22(26,27)28)9-14(17)11-29-20-10-15(20)12-30(19(31)21(23,24)25)18(20)13-5-3-2-4-6-13/h2-9,15,18,29H,10-12H2,1H3/t15?,18-,20-/m0/s1.